The van der Waals surface area contributed by atoms with Gasteiger partial charge in [-0.2, -0.15) is 0 Å². The van der Waals surface area contributed by atoms with Crippen LogP contribution in [0.4, 0.5) is 0 Å². The summed E-state index contributed by atoms with van der Waals surface area (Å²) in [6.07, 6.45) is 6.66. The third-order valence-corrected chi connectivity index (χ3v) is 3.96. The summed E-state index contributed by atoms with van der Waals surface area (Å²) in [4.78, 5) is 0. The van der Waals surface area contributed by atoms with E-state index in [9.17, 15) is 0 Å². The fourth-order valence-corrected chi connectivity index (χ4v) is 2.81. The molecule has 0 amide bonds. The van der Waals surface area contributed by atoms with E-state index < -0.39 is 0 Å². The summed E-state index contributed by atoms with van der Waals surface area (Å²) in [7, 11) is 0. The molecule has 1 unspecified atom stereocenters. The van der Waals surface area contributed by atoms with Gasteiger partial charge in [-0.05, 0) is 37.3 Å². The second-order valence-electron chi connectivity index (χ2n) is 5.61. The Morgan fingerprint density at radius 1 is 1.21 bits per heavy atom. The lowest BCUT2D eigenvalue weighted by Gasteiger charge is -2.20. The summed E-state index contributed by atoms with van der Waals surface area (Å²) in [6.45, 7) is 4.98. The van der Waals surface area contributed by atoms with Gasteiger partial charge in [0.1, 0.15) is 0 Å². The molecule has 1 aliphatic rings. The van der Waals surface area contributed by atoms with Gasteiger partial charge >= 0.3 is 0 Å². The zero-order valence-corrected chi connectivity index (χ0v) is 12.1. The van der Waals surface area contributed by atoms with Crippen molar-refractivity contribution in [2.24, 2.45) is 5.92 Å². The van der Waals surface area contributed by atoms with Crippen LogP contribution >= 0.6 is 0 Å². The number of benzene rings is 1. The summed E-state index contributed by atoms with van der Waals surface area (Å²) < 4.78 is 5.97. The van der Waals surface area contributed by atoms with Gasteiger partial charge in [0.15, 0.2) is 0 Å². The largest absolute Gasteiger partial charge is 0.379 e. The average molecular weight is 261 g/mol. The maximum Gasteiger partial charge on any atom is 0.0661 e. The van der Waals surface area contributed by atoms with Gasteiger partial charge in [0.2, 0.25) is 0 Å². The van der Waals surface area contributed by atoms with Gasteiger partial charge in [0, 0.05) is 6.61 Å². The minimum Gasteiger partial charge on any atom is -0.379 e. The summed E-state index contributed by atoms with van der Waals surface area (Å²) in [5, 5.41) is 3.59. The summed E-state index contributed by atoms with van der Waals surface area (Å²) in [5.41, 5.74) is 1.34. The molecular weight excluding hydrogens is 234 g/mol. The van der Waals surface area contributed by atoms with Gasteiger partial charge < -0.3 is 10.1 Å². The van der Waals surface area contributed by atoms with Crippen LogP contribution in [0.15, 0.2) is 30.3 Å². The molecule has 106 valence electrons. The van der Waals surface area contributed by atoms with Crippen molar-refractivity contribution in [1.29, 1.82) is 0 Å². The molecule has 1 atom stereocenters. The standard InChI is InChI=1S/C17H27NO/c1-2-12-18-17(16-10-4-3-5-11-16)14-19-13-15-8-6-7-9-15/h3-5,10-11,15,17-18H,2,6-9,12-14H2,1H3. The summed E-state index contributed by atoms with van der Waals surface area (Å²) in [6, 6.07) is 11.0. The highest BCUT2D eigenvalue weighted by Crippen LogP contribution is 2.25. The minimum atomic E-state index is 0.336. The molecule has 1 aromatic carbocycles. The molecule has 1 saturated carbocycles. The van der Waals surface area contributed by atoms with E-state index in [1.165, 1.54) is 31.2 Å². The Morgan fingerprint density at radius 3 is 2.63 bits per heavy atom. The minimum absolute atomic E-state index is 0.336. The molecule has 0 saturated heterocycles. The second-order valence-corrected chi connectivity index (χ2v) is 5.61. The van der Waals surface area contributed by atoms with Gasteiger partial charge in [0.05, 0.1) is 12.6 Å². The van der Waals surface area contributed by atoms with Crippen LogP contribution < -0.4 is 5.32 Å². The molecule has 1 aromatic rings. The first-order valence-electron chi connectivity index (χ1n) is 7.76. The Hall–Kier alpha value is -0.860. The van der Waals surface area contributed by atoms with Gasteiger partial charge in [0.25, 0.3) is 0 Å². The predicted octanol–water partition coefficient (Wildman–Crippen LogP) is 3.93. The maximum absolute atomic E-state index is 5.97. The zero-order valence-electron chi connectivity index (χ0n) is 12.1. The van der Waals surface area contributed by atoms with Gasteiger partial charge in [-0.3, -0.25) is 0 Å². The second kappa shape index (κ2) is 8.34. The van der Waals surface area contributed by atoms with E-state index in [4.69, 9.17) is 4.74 Å². The van der Waals surface area contributed by atoms with E-state index in [0.29, 0.717) is 6.04 Å². The highest BCUT2D eigenvalue weighted by atomic mass is 16.5. The molecule has 1 aliphatic carbocycles. The van der Waals surface area contributed by atoms with E-state index in [-0.39, 0.29) is 0 Å². The highest BCUT2D eigenvalue weighted by molar-refractivity contribution is 5.18. The first-order chi connectivity index (χ1) is 9.40. The normalized spacial score (nSPS) is 17.7. The molecule has 19 heavy (non-hydrogen) atoms. The topological polar surface area (TPSA) is 21.3 Å². The van der Waals surface area contributed by atoms with Crippen LogP contribution in [0.3, 0.4) is 0 Å². The Labute approximate surface area is 117 Å². The van der Waals surface area contributed by atoms with Gasteiger partial charge in [-0.15, -0.1) is 0 Å². The Balaban J connectivity index is 1.79. The molecular formula is C17H27NO. The molecule has 1 fully saturated rings. The predicted molar refractivity (Wildman–Crippen MR) is 80.3 cm³/mol. The van der Waals surface area contributed by atoms with Crippen molar-refractivity contribution >= 4 is 0 Å². The lowest BCUT2D eigenvalue weighted by molar-refractivity contribution is 0.0828. The van der Waals surface area contributed by atoms with Crippen LogP contribution in [0.25, 0.3) is 0 Å². The van der Waals surface area contributed by atoms with Crippen molar-refractivity contribution < 1.29 is 4.74 Å². The number of hydrogen-bond acceptors (Lipinski definition) is 2. The molecule has 1 N–H and O–H groups in total. The lowest BCUT2D eigenvalue weighted by Crippen LogP contribution is -2.27. The molecule has 0 heterocycles. The molecule has 0 spiro atoms. The first-order valence-corrected chi connectivity index (χ1v) is 7.76. The van der Waals surface area contributed by atoms with Crippen LogP contribution in [0, 0.1) is 5.92 Å². The zero-order chi connectivity index (χ0) is 13.3. The third kappa shape index (κ3) is 4.96. The third-order valence-electron chi connectivity index (χ3n) is 3.96. The van der Waals surface area contributed by atoms with Gasteiger partial charge in [-0.1, -0.05) is 50.1 Å². The van der Waals surface area contributed by atoms with Crippen LogP contribution in [0.1, 0.15) is 50.6 Å². The van der Waals surface area contributed by atoms with Gasteiger partial charge in [-0.25, -0.2) is 0 Å². The van der Waals surface area contributed by atoms with E-state index in [1.807, 2.05) is 0 Å². The lowest BCUT2D eigenvalue weighted by atomic mass is 10.1. The quantitative estimate of drug-likeness (QED) is 0.765. The summed E-state index contributed by atoms with van der Waals surface area (Å²) in [5.74, 6) is 0.808. The molecule has 0 aliphatic heterocycles. The number of hydrogen-bond donors (Lipinski definition) is 1. The van der Waals surface area contributed by atoms with Crippen molar-refractivity contribution in [2.45, 2.75) is 45.1 Å². The number of rotatable bonds is 8. The molecule has 0 bridgehead atoms. The summed E-state index contributed by atoms with van der Waals surface area (Å²) >= 11 is 0. The van der Waals surface area contributed by atoms with Crippen molar-refractivity contribution in [3.8, 4) is 0 Å². The molecule has 2 nitrogen and oxygen atoms in total. The van der Waals surface area contributed by atoms with Crippen LogP contribution in [0.2, 0.25) is 0 Å². The number of ether oxygens (including phenoxy) is 1. The fraction of sp³-hybridized carbons (Fsp3) is 0.647. The van der Waals surface area contributed by atoms with E-state index in [2.05, 4.69) is 42.6 Å². The van der Waals surface area contributed by atoms with E-state index in [1.54, 1.807) is 0 Å². The van der Waals surface area contributed by atoms with Crippen LogP contribution in [-0.2, 0) is 4.74 Å². The van der Waals surface area contributed by atoms with Crippen molar-refractivity contribution in [2.75, 3.05) is 19.8 Å². The van der Waals surface area contributed by atoms with Crippen molar-refractivity contribution in [1.82, 2.24) is 5.32 Å². The number of nitrogens with one attached hydrogen (secondary N) is 1. The van der Waals surface area contributed by atoms with Crippen LogP contribution in [-0.4, -0.2) is 19.8 Å². The van der Waals surface area contributed by atoms with Crippen molar-refractivity contribution in [3.63, 3.8) is 0 Å². The average Bonchev–Trinajstić information content (AvgIpc) is 2.97. The smallest absolute Gasteiger partial charge is 0.0661 e. The maximum atomic E-state index is 5.97. The monoisotopic (exact) mass is 261 g/mol. The Morgan fingerprint density at radius 2 is 1.95 bits per heavy atom. The molecule has 2 rings (SSSR count). The fourth-order valence-electron chi connectivity index (χ4n) is 2.81. The van der Waals surface area contributed by atoms with Crippen LogP contribution in [0.5, 0.6) is 0 Å². The van der Waals surface area contributed by atoms with E-state index in [0.717, 1.165) is 32.1 Å². The highest BCUT2D eigenvalue weighted by Gasteiger charge is 2.16. The van der Waals surface area contributed by atoms with E-state index >= 15 is 0 Å². The molecule has 0 radical (unpaired) electrons. The Kier molecular flexibility index (Phi) is 6.38. The molecule has 0 aromatic heterocycles. The molecule has 2 heteroatoms. The SMILES string of the molecule is CCCNC(COCC1CCCC1)c1ccccc1. The first kappa shape index (κ1) is 14.5. The Bertz CT molecular complexity index is 332. The van der Waals surface area contributed by atoms with Crippen molar-refractivity contribution in [3.05, 3.63) is 35.9 Å².